The molecule has 1 N–H and O–H groups in total. The number of hydrogen-bond donors (Lipinski definition) is 1. The quantitative estimate of drug-likeness (QED) is 0.479. The molecule has 0 aliphatic carbocycles. The summed E-state index contributed by atoms with van der Waals surface area (Å²) < 4.78 is 16.0. The lowest BCUT2D eigenvalue weighted by Gasteiger charge is -2.11. The number of nitriles is 1. The summed E-state index contributed by atoms with van der Waals surface area (Å²) in [7, 11) is 0. The Morgan fingerprint density at radius 2 is 1.71 bits per heavy atom. The molecule has 2 aromatic heterocycles. The minimum Gasteiger partial charge on any atom is -0.306 e. The molecular formula is C24H13FN4O2. The number of halogens is 1. The van der Waals surface area contributed by atoms with Crippen LogP contribution in [-0.4, -0.2) is 14.5 Å². The van der Waals surface area contributed by atoms with Gasteiger partial charge in [-0.25, -0.2) is 13.8 Å². The Morgan fingerprint density at radius 3 is 2.55 bits per heavy atom. The van der Waals surface area contributed by atoms with Crippen LogP contribution in [0.25, 0.3) is 38.5 Å². The number of aromatic amines is 1. The summed E-state index contributed by atoms with van der Waals surface area (Å²) in [5.41, 5.74) is -0.0259. The first-order valence-corrected chi connectivity index (χ1v) is 9.39. The van der Waals surface area contributed by atoms with E-state index >= 15 is 4.39 Å². The zero-order valence-electron chi connectivity index (χ0n) is 16.0. The smallest absolute Gasteiger partial charge is 0.306 e. The lowest BCUT2D eigenvalue weighted by atomic mass is 9.98. The summed E-state index contributed by atoms with van der Waals surface area (Å²) in [5, 5.41) is 10.8. The third-order valence-corrected chi connectivity index (χ3v) is 5.21. The number of aromatic nitrogens is 3. The third-order valence-electron chi connectivity index (χ3n) is 5.21. The number of nitrogens with zero attached hydrogens (tertiary/aromatic N) is 3. The van der Waals surface area contributed by atoms with Gasteiger partial charge >= 0.3 is 5.69 Å². The third kappa shape index (κ3) is 2.90. The van der Waals surface area contributed by atoms with Crippen molar-refractivity contribution in [3.05, 3.63) is 105 Å². The number of hydrogen-bond acceptors (Lipinski definition) is 4. The molecule has 0 saturated heterocycles. The van der Waals surface area contributed by atoms with Crippen LogP contribution in [0.15, 0.2) is 82.6 Å². The average molecular weight is 408 g/mol. The summed E-state index contributed by atoms with van der Waals surface area (Å²) in [6.45, 7) is 0. The molecule has 6 nitrogen and oxygen atoms in total. The first-order valence-electron chi connectivity index (χ1n) is 9.39. The summed E-state index contributed by atoms with van der Waals surface area (Å²) in [4.78, 5) is 32.9. The van der Waals surface area contributed by atoms with Crippen molar-refractivity contribution in [3.8, 4) is 22.9 Å². The van der Waals surface area contributed by atoms with E-state index in [4.69, 9.17) is 0 Å². The zero-order chi connectivity index (χ0) is 21.5. The molecule has 5 aromatic rings. The molecule has 2 heterocycles. The lowest BCUT2D eigenvalue weighted by Crippen LogP contribution is -2.34. The Bertz CT molecular complexity index is 1660. The van der Waals surface area contributed by atoms with Gasteiger partial charge in [0.2, 0.25) is 0 Å². The van der Waals surface area contributed by atoms with Crippen LogP contribution in [0.3, 0.4) is 0 Å². The van der Waals surface area contributed by atoms with Crippen molar-refractivity contribution in [1.29, 1.82) is 5.26 Å². The first-order chi connectivity index (χ1) is 15.1. The molecule has 0 fully saturated rings. The largest absolute Gasteiger partial charge is 0.333 e. The van der Waals surface area contributed by atoms with Gasteiger partial charge in [0.05, 0.1) is 34.4 Å². The zero-order valence-corrected chi connectivity index (χ0v) is 16.0. The maximum Gasteiger partial charge on any atom is 0.333 e. The minimum atomic E-state index is -0.665. The van der Waals surface area contributed by atoms with Gasteiger partial charge in [0, 0.05) is 28.1 Å². The van der Waals surface area contributed by atoms with Crippen molar-refractivity contribution < 1.29 is 4.39 Å². The van der Waals surface area contributed by atoms with E-state index in [1.807, 2.05) is 18.2 Å². The monoisotopic (exact) mass is 408 g/mol. The first kappa shape index (κ1) is 18.5. The van der Waals surface area contributed by atoms with Gasteiger partial charge < -0.3 is 4.98 Å². The highest BCUT2D eigenvalue weighted by Crippen LogP contribution is 2.28. The summed E-state index contributed by atoms with van der Waals surface area (Å²) in [6, 6.07) is 18.3. The fraction of sp³-hybridized carbons (Fsp3) is 0. The van der Waals surface area contributed by atoms with E-state index in [0.29, 0.717) is 22.2 Å². The average Bonchev–Trinajstić information content (AvgIpc) is 2.79. The number of fused-ring (bicyclic) bond motifs is 2. The van der Waals surface area contributed by atoms with Crippen LogP contribution < -0.4 is 11.2 Å². The molecule has 0 aliphatic heterocycles. The van der Waals surface area contributed by atoms with Gasteiger partial charge in [-0.3, -0.25) is 9.78 Å². The highest BCUT2D eigenvalue weighted by molar-refractivity contribution is 5.90. The molecule has 0 aliphatic rings. The molecule has 0 amide bonds. The van der Waals surface area contributed by atoms with E-state index in [1.165, 1.54) is 12.3 Å². The van der Waals surface area contributed by atoms with E-state index in [2.05, 4.69) is 9.97 Å². The molecule has 0 radical (unpaired) electrons. The second-order valence-electron chi connectivity index (χ2n) is 6.99. The maximum atomic E-state index is 15.0. The molecule has 31 heavy (non-hydrogen) atoms. The van der Waals surface area contributed by atoms with Crippen LogP contribution in [-0.2, 0) is 0 Å². The Kier molecular flexibility index (Phi) is 4.19. The molecule has 0 atom stereocenters. The SMILES string of the molecule is N#Cc1ccccc1-c1cc2[nH]c(=O)n(-c3cncc4ccccc34)c(=O)c2cc1F. The van der Waals surface area contributed by atoms with Crippen molar-refractivity contribution >= 4 is 21.7 Å². The molecule has 0 saturated carbocycles. The number of H-pyrrole nitrogens is 1. The summed E-state index contributed by atoms with van der Waals surface area (Å²) in [6.07, 6.45) is 3.07. The van der Waals surface area contributed by atoms with Gasteiger partial charge in [0.25, 0.3) is 5.56 Å². The second-order valence-corrected chi connectivity index (χ2v) is 6.99. The lowest BCUT2D eigenvalue weighted by molar-refractivity contribution is 0.632. The van der Waals surface area contributed by atoms with Gasteiger partial charge in [-0.2, -0.15) is 5.26 Å². The molecule has 148 valence electrons. The Balaban J connectivity index is 1.81. The van der Waals surface area contributed by atoms with Crippen molar-refractivity contribution in [2.24, 2.45) is 0 Å². The number of rotatable bonds is 2. The van der Waals surface area contributed by atoms with E-state index in [0.717, 1.165) is 16.0 Å². The van der Waals surface area contributed by atoms with Crippen LogP contribution in [0.2, 0.25) is 0 Å². The topological polar surface area (TPSA) is 91.5 Å². The minimum absolute atomic E-state index is 0.0169. The van der Waals surface area contributed by atoms with Crippen molar-refractivity contribution in [3.63, 3.8) is 0 Å². The van der Waals surface area contributed by atoms with Crippen LogP contribution in [0.5, 0.6) is 0 Å². The van der Waals surface area contributed by atoms with E-state index < -0.39 is 17.1 Å². The van der Waals surface area contributed by atoms with Crippen molar-refractivity contribution in [2.75, 3.05) is 0 Å². The Hall–Kier alpha value is -4.57. The van der Waals surface area contributed by atoms with E-state index in [-0.39, 0.29) is 16.5 Å². The van der Waals surface area contributed by atoms with E-state index in [9.17, 15) is 14.9 Å². The molecule has 3 aromatic carbocycles. The molecule has 0 spiro atoms. The van der Waals surface area contributed by atoms with Gasteiger partial charge in [0.15, 0.2) is 0 Å². The molecule has 7 heteroatoms. The number of benzene rings is 3. The van der Waals surface area contributed by atoms with Crippen molar-refractivity contribution in [1.82, 2.24) is 14.5 Å². The molecular weight excluding hydrogens is 395 g/mol. The highest BCUT2D eigenvalue weighted by atomic mass is 19.1. The Morgan fingerprint density at radius 1 is 0.935 bits per heavy atom. The Labute approximate surface area is 174 Å². The molecule has 5 rings (SSSR count). The number of nitrogens with one attached hydrogen (secondary N) is 1. The van der Waals surface area contributed by atoms with Crippen LogP contribution in [0.4, 0.5) is 4.39 Å². The maximum absolute atomic E-state index is 15.0. The van der Waals surface area contributed by atoms with Gasteiger partial charge in [-0.05, 0) is 18.2 Å². The van der Waals surface area contributed by atoms with Crippen LogP contribution in [0, 0.1) is 17.1 Å². The standard InChI is InChI=1S/C24H13FN4O2/c25-20-9-19-21(10-18(20)16-7-3-1-5-14(16)11-26)28-24(31)29(23(19)30)22-13-27-12-15-6-2-4-8-17(15)22/h1-10,12-13H,(H,28,31). The van der Waals surface area contributed by atoms with Gasteiger partial charge in [-0.1, -0.05) is 42.5 Å². The highest BCUT2D eigenvalue weighted by Gasteiger charge is 2.17. The molecule has 0 unspecified atom stereocenters. The second kappa shape index (κ2) is 7.04. The number of pyridine rings is 1. The summed E-state index contributed by atoms with van der Waals surface area (Å²) >= 11 is 0. The van der Waals surface area contributed by atoms with Gasteiger partial charge in [-0.15, -0.1) is 0 Å². The van der Waals surface area contributed by atoms with Gasteiger partial charge in [0.1, 0.15) is 5.82 Å². The fourth-order valence-corrected chi connectivity index (χ4v) is 3.76. The van der Waals surface area contributed by atoms with Crippen LogP contribution >= 0.6 is 0 Å². The molecule has 0 bridgehead atoms. The summed E-state index contributed by atoms with van der Waals surface area (Å²) in [5.74, 6) is -0.665. The van der Waals surface area contributed by atoms with E-state index in [1.54, 1.807) is 42.6 Å². The normalized spacial score (nSPS) is 11.0. The van der Waals surface area contributed by atoms with Crippen molar-refractivity contribution in [2.45, 2.75) is 0 Å². The predicted octanol–water partition coefficient (Wildman–Crippen LogP) is 3.90. The van der Waals surface area contributed by atoms with Crippen LogP contribution in [0.1, 0.15) is 5.56 Å². The predicted molar refractivity (Wildman–Crippen MR) is 116 cm³/mol. The fourth-order valence-electron chi connectivity index (χ4n) is 3.76.